The third kappa shape index (κ3) is 5.18. The summed E-state index contributed by atoms with van der Waals surface area (Å²) >= 11 is 0. The third-order valence-electron chi connectivity index (χ3n) is 5.92. The Hall–Kier alpha value is -1.89. The number of nitrogens with one attached hydrogen (secondary N) is 3. The first-order valence-electron chi connectivity index (χ1n) is 10.4. The SMILES string of the molecule is CC1CC(C)CN(Cc2ccccc2CNC(=O)c2n[nH]c3c2CNCC3)C1.Cl. The molecule has 1 saturated heterocycles. The molecular formula is C22H32ClN5O. The van der Waals surface area contributed by atoms with Gasteiger partial charge in [0.1, 0.15) is 0 Å². The van der Waals surface area contributed by atoms with E-state index < -0.39 is 0 Å². The van der Waals surface area contributed by atoms with Gasteiger partial charge in [-0.15, -0.1) is 12.4 Å². The number of benzene rings is 1. The van der Waals surface area contributed by atoms with E-state index in [0.717, 1.165) is 55.7 Å². The van der Waals surface area contributed by atoms with Gasteiger partial charge in [0, 0.05) is 56.9 Å². The molecule has 1 aromatic carbocycles. The summed E-state index contributed by atoms with van der Waals surface area (Å²) in [5.74, 6) is 1.39. The highest BCUT2D eigenvalue weighted by molar-refractivity contribution is 5.94. The summed E-state index contributed by atoms with van der Waals surface area (Å²) < 4.78 is 0. The van der Waals surface area contributed by atoms with Crippen molar-refractivity contribution in [1.82, 2.24) is 25.7 Å². The lowest BCUT2D eigenvalue weighted by Crippen LogP contribution is -2.38. The number of likely N-dealkylation sites (tertiary alicyclic amines) is 1. The molecular weight excluding hydrogens is 386 g/mol. The number of carbonyl (C=O) groups excluding carboxylic acids is 1. The Morgan fingerprint density at radius 1 is 1.21 bits per heavy atom. The molecule has 2 aliphatic rings. The van der Waals surface area contributed by atoms with Crippen LogP contribution in [0.25, 0.3) is 0 Å². The molecule has 0 bridgehead atoms. The van der Waals surface area contributed by atoms with Crippen molar-refractivity contribution in [2.24, 2.45) is 11.8 Å². The Kier molecular flexibility index (Phi) is 7.33. The lowest BCUT2D eigenvalue weighted by Gasteiger charge is -2.35. The van der Waals surface area contributed by atoms with Gasteiger partial charge in [-0.3, -0.25) is 14.8 Å². The molecule has 1 fully saturated rings. The van der Waals surface area contributed by atoms with Gasteiger partial charge in [0.15, 0.2) is 5.69 Å². The molecule has 0 spiro atoms. The first-order valence-corrected chi connectivity index (χ1v) is 10.4. The van der Waals surface area contributed by atoms with Crippen molar-refractivity contribution in [3.8, 4) is 0 Å². The molecule has 3 N–H and O–H groups in total. The van der Waals surface area contributed by atoms with Gasteiger partial charge in [0.25, 0.3) is 5.91 Å². The third-order valence-corrected chi connectivity index (χ3v) is 5.92. The second-order valence-corrected chi connectivity index (χ2v) is 8.55. The first-order chi connectivity index (χ1) is 13.6. The summed E-state index contributed by atoms with van der Waals surface area (Å²) in [4.78, 5) is 15.3. The van der Waals surface area contributed by atoms with Crippen LogP contribution in [-0.4, -0.2) is 40.6 Å². The lowest BCUT2D eigenvalue weighted by molar-refractivity contribution is 0.0944. The Morgan fingerprint density at radius 2 is 1.93 bits per heavy atom. The molecule has 2 aliphatic heterocycles. The summed E-state index contributed by atoms with van der Waals surface area (Å²) in [5, 5.41) is 13.7. The molecule has 0 aliphatic carbocycles. The number of piperidine rings is 1. The molecule has 2 aromatic rings. The number of aromatic amines is 1. The zero-order valence-corrected chi connectivity index (χ0v) is 18.1. The normalized spacial score (nSPS) is 21.9. The van der Waals surface area contributed by atoms with Crippen molar-refractivity contribution in [1.29, 1.82) is 0 Å². The minimum absolute atomic E-state index is 0. The second-order valence-electron chi connectivity index (χ2n) is 8.55. The quantitative estimate of drug-likeness (QED) is 0.699. The van der Waals surface area contributed by atoms with Crippen molar-refractivity contribution in [3.63, 3.8) is 0 Å². The van der Waals surface area contributed by atoms with Gasteiger partial charge < -0.3 is 10.6 Å². The second kappa shape index (κ2) is 9.74. The lowest BCUT2D eigenvalue weighted by atomic mass is 9.91. The van der Waals surface area contributed by atoms with Crippen molar-refractivity contribution < 1.29 is 4.79 Å². The molecule has 29 heavy (non-hydrogen) atoms. The summed E-state index contributed by atoms with van der Waals surface area (Å²) in [6.07, 6.45) is 2.21. The highest BCUT2D eigenvalue weighted by atomic mass is 35.5. The van der Waals surface area contributed by atoms with Crippen LogP contribution in [0.1, 0.15) is 53.1 Å². The van der Waals surface area contributed by atoms with Crippen LogP contribution in [-0.2, 0) is 26.1 Å². The Labute approximate surface area is 179 Å². The van der Waals surface area contributed by atoms with E-state index in [1.54, 1.807) is 0 Å². The topological polar surface area (TPSA) is 73.0 Å². The van der Waals surface area contributed by atoms with Crippen molar-refractivity contribution in [2.45, 2.75) is 46.3 Å². The number of hydrogen-bond acceptors (Lipinski definition) is 4. The number of aromatic nitrogens is 2. The predicted molar refractivity (Wildman–Crippen MR) is 117 cm³/mol. The van der Waals surface area contributed by atoms with Crippen molar-refractivity contribution in [3.05, 3.63) is 52.3 Å². The number of nitrogens with zero attached hydrogens (tertiary/aromatic N) is 2. The smallest absolute Gasteiger partial charge is 0.272 e. The number of amides is 1. The molecule has 6 nitrogen and oxygen atoms in total. The van der Waals surface area contributed by atoms with Gasteiger partial charge >= 0.3 is 0 Å². The molecule has 7 heteroatoms. The largest absolute Gasteiger partial charge is 0.347 e. The van der Waals surface area contributed by atoms with E-state index in [1.165, 1.54) is 17.5 Å². The molecule has 0 radical (unpaired) electrons. The summed E-state index contributed by atoms with van der Waals surface area (Å²) in [6, 6.07) is 8.44. The van der Waals surface area contributed by atoms with Crippen molar-refractivity contribution >= 4 is 18.3 Å². The van der Waals surface area contributed by atoms with E-state index in [-0.39, 0.29) is 18.3 Å². The van der Waals surface area contributed by atoms with E-state index in [9.17, 15) is 4.79 Å². The van der Waals surface area contributed by atoms with Gasteiger partial charge in [-0.25, -0.2) is 0 Å². The monoisotopic (exact) mass is 417 g/mol. The van der Waals surface area contributed by atoms with Crippen LogP contribution in [0.3, 0.4) is 0 Å². The molecule has 1 aromatic heterocycles. The first kappa shape index (κ1) is 21.8. The molecule has 2 atom stereocenters. The molecule has 1 amide bonds. The number of hydrogen-bond donors (Lipinski definition) is 3. The minimum Gasteiger partial charge on any atom is -0.347 e. The molecule has 4 rings (SSSR count). The average molecular weight is 418 g/mol. The minimum atomic E-state index is -0.101. The highest BCUT2D eigenvalue weighted by Crippen LogP contribution is 2.23. The zero-order valence-electron chi connectivity index (χ0n) is 17.3. The fraction of sp³-hybridized carbons (Fsp3) is 0.545. The van der Waals surface area contributed by atoms with Gasteiger partial charge in [0.2, 0.25) is 0 Å². The van der Waals surface area contributed by atoms with E-state index in [4.69, 9.17) is 0 Å². The Bertz CT molecular complexity index is 826. The molecule has 3 heterocycles. The summed E-state index contributed by atoms with van der Waals surface area (Å²) in [6.45, 7) is 10.1. The predicted octanol–water partition coefficient (Wildman–Crippen LogP) is 2.89. The summed E-state index contributed by atoms with van der Waals surface area (Å²) in [7, 11) is 0. The van der Waals surface area contributed by atoms with E-state index in [0.29, 0.717) is 18.8 Å². The van der Waals surface area contributed by atoms with Crippen LogP contribution < -0.4 is 10.6 Å². The number of fused-ring (bicyclic) bond motifs is 1. The van der Waals surface area contributed by atoms with Crippen LogP contribution in [0, 0.1) is 11.8 Å². The van der Waals surface area contributed by atoms with Gasteiger partial charge in [0.05, 0.1) is 0 Å². The van der Waals surface area contributed by atoms with Gasteiger partial charge in [-0.1, -0.05) is 38.1 Å². The number of carbonyl (C=O) groups is 1. The van der Waals surface area contributed by atoms with E-state index in [1.807, 2.05) is 6.07 Å². The maximum Gasteiger partial charge on any atom is 0.272 e. The Morgan fingerprint density at radius 3 is 2.69 bits per heavy atom. The number of H-pyrrole nitrogens is 1. The van der Waals surface area contributed by atoms with Crippen LogP contribution in [0.2, 0.25) is 0 Å². The zero-order chi connectivity index (χ0) is 19.5. The number of rotatable bonds is 5. The maximum atomic E-state index is 12.7. The molecule has 158 valence electrons. The van der Waals surface area contributed by atoms with Crippen molar-refractivity contribution in [2.75, 3.05) is 19.6 Å². The van der Waals surface area contributed by atoms with E-state index >= 15 is 0 Å². The Balaban J connectivity index is 0.00000240. The van der Waals surface area contributed by atoms with Crippen LogP contribution in [0.15, 0.2) is 24.3 Å². The average Bonchev–Trinajstić information content (AvgIpc) is 3.10. The fourth-order valence-corrected chi connectivity index (χ4v) is 4.72. The summed E-state index contributed by atoms with van der Waals surface area (Å²) in [5.41, 5.74) is 5.10. The number of halogens is 1. The van der Waals surface area contributed by atoms with Crippen LogP contribution in [0.5, 0.6) is 0 Å². The highest BCUT2D eigenvalue weighted by Gasteiger charge is 2.23. The van der Waals surface area contributed by atoms with Crippen LogP contribution >= 0.6 is 12.4 Å². The molecule has 2 unspecified atom stereocenters. The van der Waals surface area contributed by atoms with Gasteiger partial charge in [-0.05, 0) is 29.4 Å². The maximum absolute atomic E-state index is 12.7. The van der Waals surface area contributed by atoms with Gasteiger partial charge in [-0.2, -0.15) is 5.10 Å². The molecule has 0 saturated carbocycles. The standard InChI is InChI=1S/C22H31N5O.ClH/c1-15-9-16(2)13-27(12-15)14-18-6-4-3-5-17(18)10-24-22(28)21-19-11-23-8-7-20(19)25-26-21;/h3-6,15-16,23H,7-14H2,1-2H3,(H,24,28)(H,25,26);1H. The van der Waals surface area contributed by atoms with E-state index in [2.05, 4.69) is 57.8 Å². The van der Waals surface area contributed by atoms with Crippen LogP contribution in [0.4, 0.5) is 0 Å². The fourth-order valence-electron chi connectivity index (χ4n) is 4.72.